The van der Waals surface area contributed by atoms with Gasteiger partial charge >= 0.3 is 6.18 Å². The summed E-state index contributed by atoms with van der Waals surface area (Å²) in [5, 5.41) is 3.36. The first kappa shape index (κ1) is 16.4. The summed E-state index contributed by atoms with van der Waals surface area (Å²) in [6, 6.07) is 1.43. The molecule has 0 amide bonds. The molecule has 2 aromatic heterocycles. The van der Waals surface area contributed by atoms with Crippen LogP contribution in [-0.2, 0) is 6.18 Å². The fourth-order valence-corrected chi connectivity index (χ4v) is 3.85. The van der Waals surface area contributed by atoms with E-state index in [1.807, 2.05) is 20.0 Å². The molecule has 0 bridgehead atoms. The highest BCUT2D eigenvalue weighted by Crippen LogP contribution is 2.53. The van der Waals surface area contributed by atoms with Crippen LogP contribution in [-0.4, -0.2) is 27.6 Å². The number of halogens is 3. The van der Waals surface area contributed by atoms with E-state index in [1.54, 1.807) is 0 Å². The van der Waals surface area contributed by atoms with Crippen LogP contribution in [0.25, 0.3) is 11.3 Å². The number of nitrogens with zero attached hydrogens (tertiary/aromatic N) is 3. The van der Waals surface area contributed by atoms with E-state index in [1.165, 1.54) is 6.20 Å². The molecule has 2 aromatic rings. The monoisotopic (exact) mass is 351 g/mol. The molecule has 5 nitrogen and oxygen atoms in total. The predicted molar refractivity (Wildman–Crippen MR) is 87.8 cm³/mol. The van der Waals surface area contributed by atoms with Crippen molar-refractivity contribution in [2.45, 2.75) is 32.0 Å². The molecule has 25 heavy (non-hydrogen) atoms. The molecule has 0 spiro atoms. The Balaban J connectivity index is 1.74. The third kappa shape index (κ3) is 2.68. The lowest BCUT2D eigenvalue weighted by atomic mass is 10.1. The maximum absolute atomic E-state index is 13.1. The number of pyridine rings is 1. The lowest BCUT2D eigenvalue weighted by Gasteiger charge is -2.12. The molecule has 0 radical (unpaired) electrons. The highest BCUT2D eigenvalue weighted by atomic mass is 19.4. The lowest BCUT2D eigenvalue weighted by Crippen LogP contribution is -2.17. The molecule has 1 unspecified atom stereocenters. The predicted octanol–water partition coefficient (Wildman–Crippen LogP) is 3.06. The third-order valence-corrected chi connectivity index (χ3v) is 5.16. The van der Waals surface area contributed by atoms with Gasteiger partial charge in [0.1, 0.15) is 11.6 Å². The Morgan fingerprint density at radius 2 is 1.96 bits per heavy atom. The molecular weight excluding hydrogens is 331 g/mol. The lowest BCUT2D eigenvalue weighted by molar-refractivity contribution is -0.137. The van der Waals surface area contributed by atoms with Gasteiger partial charge in [-0.2, -0.15) is 13.2 Å². The van der Waals surface area contributed by atoms with Crippen molar-refractivity contribution in [1.29, 1.82) is 0 Å². The van der Waals surface area contributed by atoms with E-state index in [4.69, 9.17) is 5.73 Å². The van der Waals surface area contributed by atoms with Crippen LogP contribution in [0.4, 0.5) is 19.0 Å². The maximum Gasteiger partial charge on any atom is 0.419 e. The minimum atomic E-state index is -4.53. The number of rotatable bonds is 3. The number of hydrogen-bond donors (Lipinski definition) is 2. The van der Waals surface area contributed by atoms with Crippen LogP contribution in [0.5, 0.6) is 0 Å². The molecule has 4 rings (SSSR count). The third-order valence-electron chi connectivity index (χ3n) is 5.16. The van der Waals surface area contributed by atoms with Crippen LogP contribution >= 0.6 is 0 Å². The summed E-state index contributed by atoms with van der Waals surface area (Å²) in [5.41, 5.74) is 5.33. The number of anilines is 1. The Kier molecular flexibility index (Phi) is 3.57. The highest BCUT2D eigenvalue weighted by Gasteiger charge is 2.54. The molecule has 3 atom stereocenters. The van der Waals surface area contributed by atoms with Gasteiger partial charge in [0.05, 0.1) is 11.3 Å². The molecule has 2 fully saturated rings. The SMILES string of the molecule is CC(C)c1nc(-c2cnc(N)c(C(F)(F)F)c2)cn1C1[C@H]2CNC[C@@H]12. The summed E-state index contributed by atoms with van der Waals surface area (Å²) in [4.78, 5) is 8.34. The normalized spacial score (nSPS) is 25.4. The van der Waals surface area contributed by atoms with Gasteiger partial charge in [-0.3, -0.25) is 0 Å². The van der Waals surface area contributed by atoms with Gasteiger partial charge in [0.25, 0.3) is 0 Å². The van der Waals surface area contributed by atoms with Gasteiger partial charge in [-0.1, -0.05) is 13.8 Å². The quantitative estimate of drug-likeness (QED) is 0.892. The number of imidazole rings is 1. The van der Waals surface area contributed by atoms with Gasteiger partial charge in [-0.25, -0.2) is 9.97 Å². The Labute approximate surface area is 143 Å². The van der Waals surface area contributed by atoms with Gasteiger partial charge in [0.2, 0.25) is 0 Å². The molecule has 1 aliphatic carbocycles. The van der Waals surface area contributed by atoms with E-state index < -0.39 is 17.6 Å². The summed E-state index contributed by atoms with van der Waals surface area (Å²) < 4.78 is 41.4. The van der Waals surface area contributed by atoms with Crippen molar-refractivity contribution in [2.24, 2.45) is 11.8 Å². The minimum absolute atomic E-state index is 0.187. The molecule has 3 N–H and O–H groups in total. The van der Waals surface area contributed by atoms with Crippen LogP contribution in [0, 0.1) is 11.8 Å². The van der Waals surface area contributed by atoms with E-state index in [0.717, 1.165) is 25.0 Å². The van der Waals surface area contributed by atoms with Crippen LogP contribution in [0.1, 0.15) is 37.2 Å². The Bertz CT molecular complexity index is 801. The molecule has 3 heterocycles. The molecule has 134 valence electrons. The minimum Gasteiger partial charge on any atom is -0.383 e. The van der Waals surface area contributed by atoms with Gasteiger partial charge in [0, 0.05) is 43.0 Å². The van der Waals surface area contributed by atoms with E-state index in [9.17, 15) is 13.2 Å². The van der Waals surface area contributed by atoms with E-state index in [-0.39, 0.29) is 5.92 Å². The number of nitrogens with two attached hydrogens (primary N) is 1. The van der Waals surface area contributed by atoms with Crippen molar-refractivity contribution in [3.8, 4) is 11.3 Å². The average Bonchev–Trinajstić information content (AvgIpc) is 2.93. The zero-order valence-corrected chi connectivity index (χ0v) is 14.0. The summed E-state index contributed by atoms with van der Waals surface area (Å²) in [5.74, 6) is 1.76. The zero-order chi connectivity index (χ0) is 17.9. The topological polar surface area (TPSA) is 68.8 Å². The van der Waals surface area contributed by atoms with Crippen molar-refractivity contribution in [3.63, 3.8) is 0 Å². The number of piperidine rings is 1. The molecule has 1 saturated carbocycles. The highest BCUT2D eigenvalue weighted by molar-refractivity contribution is 5.62. The number of fused-ring (bicyclic) bond motifs is 1. The second kappa shape index (κ2) is 5.45. The van der Waals surface area contributed by atoms with Crippen LogP contribution in [0.3, 0.4) is 0 Å². The number of aromatic nitrogens is 3. The van der Waals surface area contributed by atoms with E-state index in [2.05, 4.69) is 19.9 Å². The smallest absolute Gasteiger partial charge is 0.383 e. The number of nitrogens with one attached hydrogen (secondary N) is 1. The second-order valence-corrected chi connectivity index (χ2v) is 7.18. The first-order valence-electron chi connectivity index (χ1n) is 8.40. The fourth-order valence-electron chi connectivity index (χ4n) is 3.85. The number of alkyl halides is 3. The number of hydrogen-bond acceptors (Lipinski definition) is 4. The van der Waals surface area contributed by atoms with E-state index in [0.29, 0.717) is 29.1 Å². The summed E-state index contributed by atoms with van der Waals surface area (Å²) in [7, 11) is 0. The summed E-state index contributed by atoms with van der Waals surface area (Å²) >= 11 is 0. The summed E-state index contributed by atoms with van der Waals surface area (Å²) in [6.45, 7) is 6.06. The standard InChI is InChI=1S/C17H20F3N5/c1-8(2)16-24-13(7-25(16)14-10-5-22-6-11(10)14)9-3-12(17(18,19)20)15(21)23-4-9/h3-4,7-8,10-11,14,22H,5-6H2,1-2H3,(H2,21,23)/t10-,11+,14?. The molecule has 8 heteroatoms. The van der Waals surface area contributed by atoms with E-state index >= 15 is 0 Å². The van der Waals surface area contributed by atoms with Crippen molar-refractivity contribution < 1.29 is 13.2 Å². The fraction of sp³-hybridized carbons (Fsp3) is 0.529. The van der Waals surface area contributed by atoms with Crippen molar-refractivity contribution in [2.75, 3.05) is 18.8 Å². The zero-order valence-electron chi connectivity index (χ0n) is 14.0. The van der Waals surface area contributed by atoms with Gasteiger partial charge in [-0.15, -0.1) is 0 Å². The summed E-state index contributed by atoms with van der Waals surface area (Å²) in [6.07, 6.45) is -1.31. The molecular formula is C17H20F3N5. The van der Waals surface area contributed by atoms with Crippen molar-refractivity contribution in [1.82, 2.24) is 19.9 Å². The van der Waals surface area contributed by atoms with Gasteiger partial charge in [-0.05, 0) is 17.9 Å². The Morgan fingerprint density at radius 1 is 1.28 bits per heavy atom. The molecule has 2 aliphatic rings. The van der Waals surface area contributed by atoms with Crippen molar-refractivity contribution >= 4 is 5.82 Å². The Hall–Kier alpha value is -2.09. The van der Waals surface area contributed by atoms with Crippen LogP contribution in [0.2, 0.25) is 0 Å². The first-order valence-corrected chi connectivity index (χ1v) is 8.40. The first-order chi connectivity index (χ1) is 11.8. The van der Waals surface area contributed by atoms with Gasteiger partial charge in [0.15, 0.2) is 0 Å². The number of nitrogen functional groups attached to an aromatic ring is 1. The molecule has 0 aromatic carbocycles. The average molecular weight is 351 g/mol. The Morgan fingerprint density at radius 3 is 2.56 bits per heavy atom. The molecule has 1 saturated heterocycles. The van der Waals surface area contributed by atoms with Gasteiger partial charge < -0.3 is 15.6 Å². The second-order valence-electron chi connectivity index (χ2n) is 7.18. The van der Waals surface area contributed by atoms with Crippen molar-refractivity contribution in [3.05, 3.63) is 29.8 Å². The van der Waals surface area contributed by atoms with Crippen LogP contribution < -0.4 is 11.1 Å². The largest absolute Gasteiger partial charge is 0.419 e. The van der Waals surface area contributed by atoms with Crippen LogP contribution in [0.15, 0.2) is 18.5 Å². The molecule has 1 aliphatic heterocycles. The maximum atomic E-state index is 13.1.